The lowest BCUT2D eigenvalue weighted by Gasteiger charge is -2.13. The van der Waals surface area contributed by atoms with E-state index in [1.165, 1.54) is 32.6 Å². The highest BCUT2D eigenvalue weighted by Crippen LogP contribution is 2.47. The monoisotopic (exact) mass is 816 g/mol. The number of furan rings is 2. The standard InChI is InChI=1S/C60H36N2O2/c1-3-15-37(16-4-1)39-31-40(38-17-5-2-6-18-38)33-41(32-39)48-36-50-49-34-42(61-52-23-11-7-19-44(52)45-20-8-12-24-53(45)61)27-29-56(49)63-59(50)60-58(48)51-35-43(28-30-57(51)64-60)62-54-25-13-9-21-46(54)47-22-10-14-26-55(47)62/h1-36H. The highest BCUT2D eigenvalue weighted by Gasteiger charge is 2.24. The summed E-state index contributed by atoms with van der Waals surface area (Å²) in [6, 6.07) is 78.5. The van der Waals surface area contributed by atoms with Crippen LogP contribution in [0, 0.1) is 0 Å². The predicted octanol–water partition coefficient (Wildman–Crippen LogP) is 16.7. The van der Waals surface area contributed by atoms with Gasteiger partial charge in [-0.2, -0.15) is 0 Å². The van der Waals surface area contributed by atoms with Gasteiger partial charge < -0.3 is 18.0 Å². The molecule has 0 fully saturated rings. The minimum atomic E-state index is 0.739. The van der Waals surface area contributed by atoms with Crippen molar-refractivity contribution < 1.29 is 8.83 Å². The zero-order valence-electron chi connectivity index (χ0n) is 34.5. The number of hydrogen-bond acceptors (Lipinski definition) is 2. The SMILES string of the molecule is c1ccc(-c2cc(-c3ccccc3)cc(-c3cc4c5cc(-n6c7ccccc7c7ccccc76)ccc5oc4c4oc5ccc(-n6c7ccccc7c7ccccc76)cc5c34)c2)cc1. The molecule has 4 heteroatoms. The first-order valence-corrected chi connectivity index (χ1v) is 21.8. The summed E-state index contributed by atoms with van der Waals surface area (Å²) in [6.07, 6.45) is 0. The fraction of sp³-hybridized carbons (Fsp3) is 0. The maximum Gasteiger partial charge on any atom is 0.179 e. The largest absolute Gasteiger partial charge is 0.452 e. The molecule has 14 rings (SSSR count). The number of para-hydroxylation sites is 4. The van der Waals surface area contributed by atoms with Crippen LogP contribution < -0.4 is 0 Å². The van der Waals surface area contributed by atoms with E-state index >= 15 is 0 Å². The van der Waals surface area contributed by atoms with Crippen LogP contribution in [-0.4, -0.2) is 9.13 Å². The lowest BCUT2D eigenvalue weighted by atomic mass is 9.90. The van der Waals surface area contributed by atoms with Crippen molar-refractivity contribution >= 4 is 87.5 Å². The molecule has 10 aromatic carbocycles. The summed E-state index contributed by atoms with van der Waals surface area (Å²) >= 11 is 0. The third kappa shape index (κ3) is 5.11. The molecule has 0 spiro atoms. The molecule has 4 aromatic heterocycles. The molecule has 0 aliphatic heterocycles. The van der Waals surface area contributed by atoms with Gasteiger partial charge in [-0.1, -0.05) is 133 Å². The Bertz CT molecular complexity index is 4020. The summed E-state index contributed by atoms with van der Waals surface area (Å²) in [5.41, 5.74) is 16.7. The van der Waals surface area contributed by atoms with Crippen molar-refractivity contribution in [1.82, 2.24) is 9.13 Å². The summed E-state index contributed by atoms with van der Waals surface area (Å²) < 4.78 is 18.7. The van der Waals surface area contributed by atoms with Crippen molar-refractivity contribution in [3.05, 3.63) is 218 Å². The van der Waals surface area contributed by atoms with E-state index in [2.05, 4.69) is 228 Å². The molecule has 0 aliphatic carbocycles. The summed E-state index contributed by atoms with van der Waals surface area (Å²) in [5.74, 6) is 0. The molecule has 14 aromatic rings. The van der Waals surface area contributed by atoms with Crippen LogP contribution in [0.15, 0.2) is 227 Å². The maximum atomic E-state index is 7.04. The smallest absolute Gasteiger partial charge is 0.179 e. The van der Waals surface area contributed by atoms with Gasteiger partial charge in [0.05, 0.1) is 22.1 Å². The fourth-order valence-electron chi connectivity index (χ4n) is 10.4. The Morgan fingerprint density at radius 2 is 0.672 bits per heavy atom. The average Bonchev–Trinajstić information content (AvgIpc) is 4.12. The molecule has 4 heterocycles. The molecule has 0 saturated carbocycles. The molecule has 0 unspecified atom stereocenters. The van der Waals surface area contributed by atoms with Gasteiger partial charge >= 0.3 is 0 Å². The van der Waals surface area contributed by atoms with E-state index in [4.69, 9.17) is 8.83 Å². The number of rotatable bonds is 5. The molecule has 0 bridgehead atoms. The molecule has 0 saturated heterocycles. The van der Waals surface area contributed by atoms with Gasteiger partial charge in [-0.25, -0.2) is 0 Å². The molecule has 0 N–H and O–H groups in total. The second-order valence-electron chi connectivity index (χ2n) is 16.8. The van der Waals surface area contributed by atoms with Crippen LogP contribution in [0.4, 0.5) is 0 Å². The van der Waals surface area contributed by atoms with E-state index in [1.54, 1.807) is 0 Å². The van der Waals surface area contributed by atoms with Crippen molar-refractivity contribution in [2.75, 3.05) is 0 Å². The van der Waals surface area contributed by atoms with Crippen LogP contribution in [-0.2, 0) is 0 Å². The third-order valence-electron chi connectivity index (χ3n) is 13.3. The normalized spacial score (nSPS) is 12.1. The van der Waals surface area contributed by atoms with Crippen molar-refractivity contribution in [3.8, 4) is 44.8 Å². The zero-order chi connectivity index (χ0) is 41.9. The number of hydrogen-bond donors (Lipinski definition) is 0. The van der Waals surface area contributed by atoms with Gasteiger partial charge in [-0.15, -0.1) is 0 Å². The molecule has 0 amide bonds. The molecular formula is C60H36N2O2. The predicted molar refractivity (Wildman–Crippen MR) is 266 cm³/mol. The van der Waals surface area contributed by atoms with E-state index in [9.17, 15) is 0 Å². The average molecular weight is 817 g/mol. The number of nitrogens with zero attached hydrogens (tertiary/aromatic N) is 2. The Hall–Kier alpha value is -8.60. The van der Waals surface area contributed by atoms with Crippen LogP contribution in [0.3, 0.4) is 0 Å². The van der Waals surface area contributed by atoms with Crippen LogP contribution in [0.25, 0.3) is 132 Å². The molecule has 64 heavy (non-hydrogen) atoms. The van der Waals surface area contributed by atoms with E-state index in [0.717, 1.165) is 99.7 Å². The molecule has 0 radical (unpaired) electrons. The number of aromatic nitrogens is 2. The van der Waals surface area contributed by atoms with E-state index in [0.29, 0.717) is 0 Å². The zero-order valence-corrected chi connectivity index (χ0v) is 34.5. The molecule has 0 atom stereocenters. The number of fused-ring (bicyclic) bond motifs is 13. The molecule has 4 nitrogen and oxygen atoms in total. The topological polar surface area (TPSA) is 36.1 Å². The van der Waals surface area contributed by atoms with Gasteiger partial charge in [0.15, 0.2) is 11.2 Å². The van der Waals surface area contributed by atoms with E-state index < -0.39 is 0 Å². The molecule has 298 valence electrons. The summed E-state index contributed by atoms with van der Waals surface area (Å²) in [7, 11) is 0. The van der Waals surface area contributed by atoms with Crippen LogP contribution in [0.1, 0.15) is 0 Å². The lowest BCUT2D eigenvalue weighted by Crippen LogP contribution is -1.93. The van der Waals surface area contributed by atoms with Crippen LogP contribution >= 0.6 is 0 Å². The van der Waals surface area contributed by atoms with Gasteiger partial charge in [0.25, 0.3) is 0 Å². The lowest BCUT2D eigenvalue weighted by molar-refractivity contribution is 0.633. The molecule has 0 aliphatic rings. The third-order valence-corrected chi connectivity index (χ3v) is 13.3. The first-order valence-electron chi connectivity index (χ1n) is 21.8. The summed E-state index contributed by atoms with van der Waals surface area (Å²) in [5, 5.41) is 9.01. The summed E-state index contributed by atoms with van der Waals surface area (Å²) in [4.78, 5) is 0. The van der Waals surface area contributed by atoms with Gasteiger partial charge in [-0.3, -0.25) is 0 Å². The van der Waals surface area contributed by atoms with E-state index in [1.807, 2.05) is 0 Å². The summed E-state index contributed by atoms with van der Waals surface area (Å²) in [6.45, 7) is 0. The fourth-order valence-corrected chi connectivity index (χ4v) is 10.4. The maximum absolute atomic E-state index is 7.04. The first-order chi connectivity index (χ1) is 31.7. The van der Waals surface area contributed by atoms with Gasteiger partial charge in [0.1, 0.15) is 11.2 Å². The van der Waals surface area contributed by atoms with Crippen LogP contribution in [0.5, 0.6) is 0 Å². The van der Waals surface area contributed by atoms with Gasteiger partial charge in [0.2, 0.25) is 0 Å². The van der Waals surface area contributed by atoms with Crippen LogP contribution in [0.2, 0.25) is 0 Å². The molecular weight excluding hydrogens is 781 g/mol. The first kappa shape index (κ1) is 35.0. The second-order valence-corrected chi connectivity index (χ2v) is 16.8. The van der Waals surface area contributed by atoms with Crippen molar-refractivity contribution in [2.24, 2.45) is 0 Å². The highest BCUT2D eigenvalue weighted by molar-refractivity contribution is 6.25. The van der Waals surface area contributed by atoms with E-state index in [-0.39, 0.29) is 0 Å². The Balaban J connectivity index is 1.09. The van der Waals surface area contributed by atoms with Gasteiger partial charge in [-0.05, 0) is 118 Å². The Morgan fingerprint density at radius 3 is 1.17 bits per heavy atom. The Kier molecular flexibility index (Phi) is 7.36. The van der Waals surface area contributed by atoms with Crippen molar-refractivity contribution in [3.63, 3.8) is 0 Å². The Morgan fingerprint density at radius 1 is 0.266 bits per heavy atom. The van der Waals surface area contributed by atoms with Gasteiger partial charge in [0, 0.05) is 54.5 Å². The number of benzene rings is 10. The minimum absolute atomic E-state index is 0.739. The highest BCUT2D eigenvalue weighted by atomic mass is 16.4. The quantitative estimate of drug-likeness (QED) is 0.173. The second kappa shape index (κ2) is 13.4. The van der Waals surface area contributed by atoms with Crippen molar-refractivity contribution in [2.45, 2.75) is 0 Å². The minimum Gasteiger partial charge on any atom is -0.452 e. The van der Waals surface area contributed by atoms with Crippen molar-refractivity contribution in [1.29, 1.82) is 0 Å². The Labute approximate surface area is 367 Å².